The van der Waals surface area contributed by atoms with Crippen molar-refractivity contribution in [3.8, 4) is 5.75 Å². The van der Waals surface area contributed by atoms with Crippen LogP contribution >= 0.6 is 0 Å². The Morgan fingerprint density at radius 3 is 2.43 bits per heavy atom. The van der Waals surface area contributed by atoms with Gasteiger partial charge in [0.2, 0.25) is 0 Å². The van der Waals surface area contributed by atoms with Crippen molar-refractivity contribution in [3.63, 3.8) is 0 Å². The number of fused-ring (bicyclic) bond motifs is 1. The van der Waals surface area contributed by atoms with Crippen LogP contribution in [-0.2, 0) is 19.0 Å². The fraction of sp³-hybridized carbons (Fsp3) is 0.471. The number of halogens is 3. The average Bonchev–Trinajstić information content (AvgIpc) is 2.85. The Bertz CT molecular complexity index is 717. The number of allylic oxidation sites excluding steroid dienone is 1. The molecular weight excluding hydrogens is 307 g/mol. The van der Waals surface area contributed by atoms with Crippen molar-refractivity contribution in [2.75, 3.05) is 0 Å². The Morgan fingerprint density at radius 2 is 1.91 bits per heavy atom. The number of hydrogen-bond donors (Lipinski definition) is 0. The van der Waals surface area contributed by atoms with Gasteiger partial charge in [-0.05, 0) is 31.4 Å². The van der Waals surface area contributed by atoms with E-state index >= 15 is 0 Å². The van der Waals surface area contributed by atoms with Gasteiger partial charge in [0.1, 0.15) is 5.75 Å². The van der Waals surface area contributed by atoms with Gasteiger partial charge in [-0.2, -0.15) is 13.2 Å². The molecule has 23 heavy (non-hydrogen) atoms. The second-order valence-corrected chi connectivity index (χ2v) is 5.55. The molecule has 0 unspecified atom stereocenters. The van der Waals surface area contributed by atoms with Crippen LogP contribution in [0.4, 0.5) is 13.2 Å². The highest BCUT2D eigenvalue weighted by Gasteiger charge is 2.38. The molecule has 0 aliphatic carbocycles. The highest BCUT2D eigenvalue weighted by molar-refractivity contribution is 5.86. The summed E-state index contributed by atoms with van der Waals surface area (Å²) >= 11 is 0. The normalized spacial score (nSPS) is 11.9. The molecule has 0 fully saturated rings. The lowest BCUT2D eigenvalue weighted by Gasteiger charge is -2.16. The molecule has 2 rings (SSSR count). The molecule has 0 aliphatic heterocycles. The minimum atomic E-state index is -4.55. The summed E-state index contributed by atoms with van der Waals surface area (Å²) in [4.78, 5) is 0. The molecule has 0 aliphatic rings. The third kappa shape index (κ3) is 3.51. The van der Waals surface area contributed by atoms with Crippen molar-refractivity contribution in [2.24, 2.45) is 0 Å². The summed E-state index contributed by atoms with van der Waals surface area (Å²) in [7, 11) is 0. The average molecular weight is 327 g/mol. The highest BCUT2D eigenvalue weighted by atomic mass is 19.4. The van der Waals surface area contributed by atoms with E-state index in [0.29, 0.717) is 29.9 Å². The van der Waals surface area contributed by atoms with Crippen LogP contribution in [0.3, 0.4) is 0 Å². The molecule has 126 valence electrons. The van der Waals surface area contributed by atoms with Crippen LogP contribution in [-0.4, -0.2) is 5.16 Å². The van der Waals surface area contributed by atoms with Gasteiger partial charge in [-0.3, -0.25) is 0 Å². The molecule has 0 radical (unpaired) electrons. The van der Waals surface area contributed by atoms with E-state index in [9.17, 15) is 13.2 Å². The number of alkyl halides is 3. The van der Waals surface area contributed by atoms with Gasteiger partial charge in [-0.1, -0.05) is 38.4 Å². The quantitative estimate of drug-likeness (QED) is 0.642. The molecule has 0 spiro atoms. The molecule has 0 saturated heterocycles. The van der Waals surface area contributed by atoms with Crippen molar-refractivity contribution >= 4 is 11.0 Å². The molecule has 0 saturated carbocycles. The Labute approximate surface area is 133 Å². The van der Waals surface area contributed by atoms with Gasteiger partial charge < -0.3 is 9.26 Å². The van der Waals surface area contributed by atoms with Gasteiger partial charge >= 0.3 is 6.18 Å². The number of ether oxygens (including phenoxy) is 1. The number of benzene rings is 1. The monoisotopic (exact) mass is 327 g/mol. The number of aromatic nitrogens is 1. The lowest BCUT2D eigenvalue weighted by molar-refractivity contribution is -0.141. The maximum Gasteiger partial charge on any atom is 0.437 e. The first kappa shape index (κ1) is 17.4. The standard InChI is InChI=1S/C17H20F3NO2/c1-5-7-11-9-13-15(23-21-16(13)17(18,19)20)12(8-6-2)14(11)22-10(3)4/h9H,3,5-8H2,1-2,4H3. The first-order chi connectivity index (χ1) is 10.8. The molecule has 0 atom stereocenters. The third-order valence-corrected chi connectivity index (χ3v) is 3.45. The smallest absolute Gasteiger partial charge is 0.437 e. The first-order valence-electron chi connectivity index (χ1n) is 7.64. The van der Waals surface area contributed by atoms with Gasteiger partial charge in [0.25, 0.3) is 0 Å². The number of hydrogen-bond acceptors (Lipinski definition) is 3. The van der Waals surface area contributed by atoms with E-state index in [-0.39, 0.29) is 11.0 Å². The Kier molecular flexibility index (Phi) is 5.02. The predicted molar refractivity (Wildman–Crippen MR) is 82.4 cm³/mol. The number of aryl methyl sites for hydroxylation is 2. The summed E-state index contributed by atoms with van der Waals surface area (Å²) in [6.45, 7) is 9.35. The van der Waals surface area contributed by atoms with Gasteiger partial charge in [0.05, 0.1) is 11.1 Å². The minimum absolute atomic E-state index is 0.00142. The molecule has 6 heteroatoms. The molecule has 0 amide bonds. The Hall–Kier alpha value is -1.98. The Morgan fingerprint density at radius 1 is 1.26 bits per heavy atom. The second-order valence-electron chi connectivity index (χ2n) is 5.55. The summed E-state index contributed by atoms with van der Waals surface area (Å²) in [5.74, 6) is 1.04. The van der Waals surface area contributed by atoms with Gasteiger partial charge in [-0.15, -0.1) is 0 Å². The molecule has 0 N–H and O–H groups in total. The van der Waals surface area contributed by atoms with Crippen LogP contribution < -0.4 is 4.74 Å². The van der Waals surface area contributed by atoms with E-state index < -0.39 is 11.9 Å². The Balaban J connectivity index is 2.78. The zero-order valence-corrected chi connectivity index (χ0v) is 13.5. The third-order valence-electron chi connectivity index (χ3n) is 3.45. The van der Waals surface area contributed by atoms with E-state index in [1.807, 2.05) is 13.8 Å². The summed E-state index contributed by atoms with van der Waals surface area (Å²) in [5.41, 5.74) is 0.513. The molecule has 1 aromatic carbocycles. The van der Waals surface area contributed by atoms with Crippen LogP contribution in [0.1, 0.15) is 50.4 Å². The first-order valence-corrected chi connectivity index (χ1v) is 7.64. The van der Waals surface area contributed by atoms with Crippen molar-refractivity contribution in [3.05, 3.63) is 35.2 Å². The highest BCUT2D eigenvalue weighted by Crippen LogP contribution is 2.41. The van der Waals surface area contributed by atoms with Crippen LogP contribution in [0, 0.1) is 0 Å². The van der Waals surface area contributed by atoms with Gasteiger partial charge in [0.15, 0.2) is 11.3 Å². The SMILES string of the molecule is C=C(C)Oc1c(CCC)cc2c(C(F)(F)F)noc2c1CCC. The van der Waals surface area contributed by atoms with Crippen molar-refractivity contribution in [1.29, 1.82) is 0 Å². The molecule has 2 aromatic rings. The lowest BCUT2D eigenvalue weighted by Crippen LogP contribution is -2.06. The molecule has 0 bridgehead atoms. The molecule has 1 heterocycles. The van der Waals surface area contributed by atoms with E-state index in [0.717, 1.165) is 18.4 Å². The predicted octanol–water partition coefficient (Wildman–Crippen LogP) is 5.66. The second kappa shape index (κ2) is 6.64. The molecule has 3 nitrogen and oxygen atoms in total. The van der Waals surface area contributed by atoms with Crippen molar-refractivity contribution < 1.29 is 22.4 Å². The topological polar surface area (TPSA) is 35.3 Å². The van der Waals surface area contributed by atoms with E-state index in [1.165, 1.54) is 6.07 Å². The fourth-order valence-electron chi connectivity index (χ4n) is 2.62. The van der Waals surface area contributed by atoms with Crippen LogP contribution in [0.2, 0.25) is 0 Å². The largest absolute Gasteiger partial charge is 0.462 e. The van der Waals surface area contributed by atoms with Crippen molar-refractivity contribution in [1.82, 2.24) is 5.16 Å². The summed E-state index contributed by atoms with van der Waals surface area (Å²) < 4.78 is 50.1. The number of nitrogens with zero attached hydrogens (tertiary/aromatic N) is 1. The molecule has 1 aromatic heterocycles. The van der Waals surface area contributed by atoms with Crippen LogP contribution in [0.15, 0.2) is 22.9 Å². The zero-order chi connectivity index (χ0) is 17.2. The van der Waals surface area contributed by atoms with E-state index in [1.54, 1.807) is 6.92 Å². The van der Waals surface area contributed by atoms with E-state index in [2.05, 4.69) is 11.7 Å². The van der Waals surface area contributed by atoms with E-state index in [4.69, 9.17) is 9.26 Å². The summed E-state index contributed by atoms with van der Waals surface area (Å²) in [5, 5.41) is 3.25. The molecular formula is C17H20F3NO2. The maximum absolute atomic E-state index is 13.1. The summed E-state index contributed by atoms with van der Waals surface area (Å²) in [6, 6.07) is 1.48. The minimum Gasteiger partial charge on any atom is -0.462 e. The summed E-state index contributed by atoms with van der Waals surface area (Å²) in [6.07, 6.45) is -1.86. The van der Waals surface area contributed by atoms with Crippen molar-refractivity contribution in [2.45, 2.75) is 52.6 Å². The fourth-order valence-corrected chi connectivity index (χ4v) is 2.62. The van der Waals surface area contributed by atoms with Gasteiger partial charge in [-0.25, -0.2) is 0 Å². The maximum atomic E-state index is 13.1. The van der Waals surface area contributed by atoms with Crippen LogP contribution in [0.5, 0.6) is 5.75 Å². The van der Waals surface area contributed by atoms with Crippen LogP contribution in [0.25, 0.3) is 11.0 Å². The van der Waals surface area contributed by atoms with Gasteiger partial charge in [0, 0.05) is 5.56 Å². The number of rotatable bonds is 6. The lowest BCUT2D eigenvalue weighted by atomic mass is 9.97. The zero-order valence-electron chi connectivity index (χ0n) is 13.5.